The Morgan fingerprint density at radius 2 is 1.85 bits per heavy atom. The molecule has 20 heavy (non-hydrogen) atoms. The fraction of sp³-hybridized carbons (Fsp3) is 0.538. The maximum atomic E-state index is 11.3. The van der Waals surface area contributed by atoms with Crippen LogP contribution in [-0.2, 0) is 9.31 Å². The molecular weight excluding hydrogens is 259 g/mol. The smallest absolute Gasteiger partial charge is 0.496 e. The third-order valence-electron chi connectivity index (χ3n) is 3.88. The molecule has 2 heterocycles. The van der Waals surface area contributed by atoms with Gasteiger partial charge in [0.15, 0.2) is 0 Å². The predicted molar refractivity (Wildman–Crippen MR) is 75.0 cm³/mol. The lowest BCUT2D eigenvalue weighted by molar-refractivity contribution is 0.00578. The molecule has 0 saturated carbocycles. The van der Waals surface area contributed by atoms with Crippen molar-refractivity contribution >= 4 is 18.5 Å². The van der Waals surface area contributed by atoms with Gasteiger partial charge in [-0.2, -0.15) is 0 Å². The first-order chi connectivity index (χ1) is 9.18. The third kappa shape index (κ3) is 2.38. The van der Waals surface area contributed by atoms with Gasteiger partial charge in [-0.1, -0.05) is 0 Å². The Labute approximate surface area is 118 Å². The second kappa shape index (κ2) is 4.75. The number of hydrogen-bond donors (Lipinski definition) is 1. The Morgan fingerprint density at radius 3 is 2.30 bits per heavy atom. The predicted octanol–water partition coefficient (Wildman–Crippen LogP) is 0.488. The molecule has 0 aliphatic carbocycles. The number of primary amides is 1. The molecule has 0 spiro atoms. The average molecular weight is 278 g/mol. The first-order valence-corrected chi connectivity index (χ1v) is 6.37. The number of aromatic nitrogens is 1. The normalized spacial score (nSPS) is 19.9. The zero-order valence-electron chi connectivity index (χ0n) is 12.4. The van der Waals surface area contributed by atoms with E-state index in [1.165, 1.54) is 13.3 Å². The highest BCUT2D eigenvalue weighted by molar-refractivity contribution is 6.63. The summed E-state index contributed by atoms with van der Waals surface area (Å²) in [6, 6.07) is 1.54. The molecule has 1 aromatic heterocycles. The summed E-state index contributed by atoms with van der Waals surface area (Å²) in [7, 11) is 0.895. The number of nitrogens with zero attached hydrogens (tertiary/aromatic N) is 1. The van der Waals surface area contributed by atoms with Gasteiger partial charge in [0.1, 0.15) is 11.4 Å². The van der Waals surface area contributed by atoms with Gasteiger partial charge in [-0.25, -0.2) is 4.98 Å². The van der Waals surface area contributed by atoms with Crippen molar-refractivity contribution in [1.29, 1.82) is 0 Å². The van der Waals surface area contributed by atoms with E-state index in [1.807, 2.05) is 27.7 Å². The van der Waals surface area contributed by atoms with E-state index < -0.39 is 24.2 Å². The molecule has 1 aromatic rings. The molecule has 1 aliphatic rings. The van der Waals surface area contributed by atoms with Crippen LogP contribution in [0.4, 0.5) is 0 Å². The zero-order chi connectivity index (χ0) is 15.1. The van der Waals surface area contributed by atoms with Gasteiger partial charge in [0.2, 0.25) is 0 Å². The molecule has 2 rings (SSSR count). The lowest BCUT2D eigenvalue weighted by Crippen LogP contribution is -2.41. The maximum Gasteiger partial charge on any atom is 0.498 e. The quantitative estimate of drug-likeness (QED) is 0.813. The van der Waals surface area contributed by atoms with Crippen molar-refractivity contribution in [2.24, 2.45) is 5.73 Å². The molecule has 0 unspecified atom stereocenters. The molecule has 0 atom stereocenters. The number of carbonyl (C=O) groups excluding carboxylic acids is 1. The topological polar surface area (TPSA) is 83.7 Å². The molecule has 1 fully saturated rings. The number of methoxy groups -OCH3 is 1. The van der Waals surface area contributed by atoms with Crippen LogP contribution >= 0.6 is 0 Å². The van der Waals surface area contributed by atoms with Crippen LogP contribution in [0.3, 0.4) is 0 Å². The molecule has 1 amide bonds. The van der Waals surface area contributed by atoms with Crippen molar-refractivity contribution in [3.8, 4) is 5.75 Å². The number of nitrogens with two attached hydrogens (primary N) is 1. The largest absolute Gasteiger partial charge is 0.498 e. The summed E-state index contributed by atoms with van der Waals surface area (Å²) in [6.07, 6.45) is 1.44. The first-order valence-electron chi connectivity index (χ1n) is 6.37. The summed E-state index contributed by atoms with van der Waals surface area (Å²) in [5, 5.41) is 0. The van der Waals surface area contributed by atoms with E-state index in [0.717, 1.165) is 0 Å². The Hall–Kier alpha value is -1.60. The van der Waals surface area contributed by atoms with E-state index in [4.69, 9.17) is 19.8 Å². The minimum atomic E-state index is -0.629. The molecule has 6 nitrogen and oxygen atoms in total. The summed E-state index contributed by atoms with van der Waals surface area (Å²) < 4.78 is 17.1. The lowest BCUT2D eigenvalue weighted by Gasteiger charge is -2.32. The van der Waals surface area contributed by atoms with Crippen LogP contribution in [-0.4, -0.2) is 36.3 Å². The lowest BCUT2D eigenvalue weighted by atomic mass is 9.78. The standard InChI is InChI=1S/C13H19BN2O4/c1-12(2)13(3,4)20-14(19-12)8-6-9(11(15)17)16-7-10(8)18-5/h6-7H,1-5H3,(H2,15,17). The van der Waals surface area contributed by atoms with Gasteiger partial charge >= 0.3 is 7.12 Å². The Balaban J connectivity index is 2.43. The Morgan fingerprint density at radius 1 is 1.30 bits per heavy atom. The van der Waals surface area contributed by atoms with Gasteiger partial charge in [0.05, 0.1) is 24.5 Å². The van der Waals surface area contributed by atoms with Crippen molar-refractivity contribution in [3.05, 3.63) is 18.0 Å². The summed E-state index contributed by atoms with van der Waals surface area (Å²) >= 11 is 0. The van der Waals surface area contributed by atoms with Gasteiger partial charge in [-0.3, -0.25) is 4.79 Å². The molecule has 7 heteroatoms. The minimum absolute atomic E-state index is 0.149. The third-order valence-corrected chi connectivity index (χ3v) is 3.88. The first kappa shape index (κ1) is 14.8. The fourth-order valence-corrected chi connectivity index (χ4v) is 1.92. The molecule has 108 valence electrons. The zero-order valence-corrected chi connectivity index (χ0v) is 12.4. The van der Waals surface area contributed by atoms with Crippen molar-refractivity contribution in [1.82, 2.24) is 4.98 Å². The fourth-order valence-electron chi connectivity index (χ4n) is 1.92. The van der Waals surface area contributed by atoms with Crippen molar-refractivity contribution in [2.75, 3.05) is 7.11 Å². The minimum Gasteiger partial charge on any atom is -0.496 e. The summed E-state index contributed by atoms with van der Waals surface area (Å²) in [6.45, 7) is 7.82. The van der Waals surface area contributed by atoms with Gasteiger partial charge < -0.3 is 19.8 Å². The van der Waals surface area contributed by atoms with E-state index in [2.05, 4.69) is 4.98 Å². The number of amides is 1. The van der Waals surface area contributed by atoms with Gasteiger partial charge in [0.25, 0.3) is 5.91 Å². The van der Waals surface area contributed by atoms with E-state index in [-0.39, 0.29) is 5.69 Å². The Bertz CT molecular complexity index is 529. The van der Waals surface area contributed by atoms with Crippen molar-refractivity contribution in [3.63, 3.8) is 0 Å². The van der Waals surface area contributed by atoms with Crippen LogP contribution < -0.4 is 15.9 Å². The highest BCUT2D eigenvalue weighted by atomic mass is 16.7. The molecule has 0 radical (unpaired) electrons. The Kier molecular flexibility index (Phi) is 3.52. The second-order valence-electron chi connectivity index (χ2n) is 5.76. The van der Waals surface area contributed by atoms with E-state index in [0.29, 0.717) is 11.2 Å². The number of hydrogen-bond acceptors (Lipinski definition) is 5. The summed E-state index contributed by atoms with van der Waals surface area (Å²) in [5.41, 5.74) is 5.06. The van der Waals surface area contributed by atoms with Crippen LogP contribution in [0.25, 0.3) is 0 Å². The van der Waals surface area contributed by atoms with Gasteiger partial charge in [0, 0.05) is 5.46 Å². The SMILES string of the molecule is COc1cnc(C(N)=O)cc1B1OC(C)(C)C(C)(C)O1. The number of ether oxygens (including phenoxy) is 1. The summed E-state index contributed by atoms with van der Waals surface area (Å²) in [4.78, 5) is 15.2. The van der Waals surface area contributed by atoms with Gasteiger partial charge in [-0.05, 0) is 33.8 Å². The molecule has 2 N–H and O–H groups in total. The molecule has 0 aromatic carbocycles. The second-order valence-corrected chi connectivity index (χ2v) is 5.76. The highest BCUT2D eigenvalue weighted by Crippen LogP contribution is 2.37. The van der Waals surface area contributed by atoms with Crippen LogP contribution in [0.1, 0.15) is 38.2 Å². The van der Waals surface area contributed by atoms with Crippen LogP contribution in [0.5, 0.6) is 5.75 Å². The van der Waals surface area contributed by atoms with E-state index in [1.54, 1.807) is 6.07 Å². The number of rotatable bonds is 3. The number of carbonyl (C=O) groups is 1. The highest BCUT2D eigenvalue weighted by Gasteiger charge is 2.52. The monoisotopic (exact) mass is 278 g/mol. The molecular formula is C13H19BN2O4. The molecule has 0 bridgehead atoms. The van der Waals surface area contributed by atoms with Crippen LogP contribution in [0.2, 0.25) is 0 Å². The van der Waals surface area contributed by atoms with Crippen LogP contribution in [0, 0.1) is 0 Å². The van der Waals surface area contributed by atoms with E-state index >= 15 is 0 Å². The van der Waals surface area contributed by atoms with E-state index in [9.17, 15) is 4.79 Å². The number of pyridine rings is 1. The van der Waals surface area contributed by atoms with Crippen molar-refractivity contribution in [2.45, 2.75) is 38.9 Å². The van der Waals surface area contributed by atoms with Crippen LogP contribution in [0.15, 0.2) is 12.3 Å². The summed E-state index contributed by atoms with van der Waals surface area (Å²) in [5.74, 6) is -0.112. The molecule has 1 aliphatic heterocycles. The average Bonchev–Trinajstić information content (AvgIpc) is 2.57. The van der Waals surface area contributed by atoms with Crippen molar-refractivity contribution < 1.29 is 18.8 Å². The maximum absolute atomic E-state index is 11.3. The molecule has 1 saturated heterocycles. The van der Waals surface area contributed by atoms with Gasteiger partial charge in [-0.15, -0.1) is 0 Å².